The second kappa shape index (κ2) is 10.2. The summed E-state index contributed by atoms with van der Waals surface area (Å²) in [6.45, 7) is 8.91. The van der Waals surface area contributed by atoms with E-state index < -0.39 is 0 Å². The van der Waals surface area contributed by atoms with Crippen molar-refractivity contribution >= 4 is 16.9 Å². The molecule has 0 unspecified atom stereocenters. The molecule has 0 bridgehead atoms. The van der Waals surface area contributed by atoms with Crippen molar-refractivity contribution in [3.05, 3.63) is 30.1 Å². The van der Waals surface area contributed by atoms with Gasteiger partial charge in [0.2, 0.25) is 5.91 Å². The Hall–Kier alpha value is -1.88. The number of hydrogen-bond donors (Lipinski definition) is 1. The number of carbonyl (C=O) groups is 1. The van der Waals surface area contributed by atoms with Crippen LogP contribution in [0, 0.1) is 5.92 Å². The Morgan fingerprint density at radius 1 is 1.24 bits per heavy atom. The number of unbranched alkanes of at least 4 members (excludes halogenated alkanes) is 2. The lowest BCUT2D eigenvalue weighted by Crippen LogP contribution is -2.28. The molecular formula is C20H31N3O2. The quantitative estimate of drug-likeness (QED) is 0.634. The lowest BCUT2D eigenvalue weighted by Gasteiger charge is -2.10. The van der Waals surface area contributed by atoms with Crippen LogP contribution in [0.15, 0.2) is 24.3 Å². The molecule has 138 valence electrons. The van der Waals surface area contributed by atoms with Gasteiger partial charge >= 0.3 is 0 Å². The van der Waals surface area contributed by atoms with Gasteiger partial charge in [-0.15, -0.1) is 0 Å². The van der Waals surface area contributed by atoms with Gasteiger partial charge in [-0.3, -0.25) is 4.79 Å². The van der Waals surface area contributed by atoms with Crippen molar-refractivity contribution in [3.63, 3.8) is 0 Å². The van der Waals surface area contributed by atoms with Crippen LogP contribution in [-0.4, -0.2) is 35.2 Å². The SMILES string of the molecule is CCOCCn1c(CCCCCNC(=O)C(C)C)nc2ccccc21. The summed E-state index contributed by atoms with van der Waals surface area (Å²) in [5, 5.41) is 2.97. The Morgan fingerprint density at radius 3 is 2.80 bits per heavy atom. The number of para-hydroxylation sites is 2. The Bertz CT molecular complexity index is 664. The fourth-order valence-electron chi connectivity index (χ4n) is 2.87. The molecule has 0 saturated heterocycles. The van der Waals surface area contributed by atoms with E-state index in [0.717, 1.165) is 56.7 Å². The van der Waals surface area contributed by atoms with Crippen LogP contribution in [0.1, 0.15) is 45.9 Å². The molecule has 25 heavy (non-hydrogen) atoms. The molecule has 0 spiro atoms. The minimum atomic E-state index is 0.0604. The van der Waals surface area contributed by atoms with Crippen LogP contribution < -0.4 is 5.32 Å². The third-order valence-corrected chi connectivity index (χ3v) is 4.30. The molecule has 1 N–H and O–H groups in total. The summed E-state index contributed by atoms with van der Waals surface area (Å²) < 4.78 is 7.80. The summed E-state index contributed by atoms with van der Waals surface area (Å²) in [5.74, 6) is 1.33. The van der Waals surface area contributed by atoms with Gasteiger partial charge in [0.1, 0.15) is 5.82 Å². The highest BCUT2D eigenvalue weighted by atomic mass is 16.5. The maximum Gasteiger partial charge on any atom is 0.222 e. The first-order valence-electron chi connectivity index (χ1n) is 9.43. The van der Waals surface area contributed by atoms with Crippen molar-refractivity contribution in [3.8, 4) is 0 Å². The highest BCUT2D eigenvalue weighted by Crippen LogP contribution is 2.17. The third-order valence-electron chi connectivity index (χ3n) is 4.30. The van der Waals surface area contributed by atoms with Gasteiger partial charge in [0.25, 0.3) is 0 Å². The third kappa shape index (κ3) is 5.85. The topological polar surface area (TPSA) is 56.1 Å². The zero-order valence-corrected chi connectivity index (χ0v) is 15.8. The van der Waals surface area contributed by atoms with Crippen LogP contribution in [0.3, 0.4) is 0 Å². The van der Waals surface area contributed by atoms with Gasteiger partial charge in [-0.1, -0.05) is 32.4 Å². The van der Waals surface area contributed by atoms with E-state index in [1.165, 1.54) is 5.52 Å². The summed E-state index contributed by atoms with van der Waals surface area (Å²) in [6, 6.07) is 8.28. The number of aryl methyl sites for hydroxylation is 1. The second-order valence-electron chi connectivity index (χ2n) is 6.62. The maximum atomic E-state index is 11.5. The Labute approximate surface area is 150 Å². The normalized spacial score (nSPS) is 11.4. The largest absolute Gasteiger partial charge is 0.380 e. The molecule has 1 amide bonds. The Morgan fingerprint density at radius 2 is 2.04 bits per heavy atom. The second-order valence-corrected chi connectivity index (χ2v) is 6.62. The number of hydrogen-bond acceptors (Lipinski definition) is 3. The van der Waals surface area contributed by atoms with Crippen LogP contribution in [0.5, 0.6) is 0 Å². The molecule has 0 atom stereocenters. The van der Waals surface area contributed by atoms with Gasteiger partial charge in [-0.2, -0.15) is 0 Å². The average molecular weight is 345 g/mol. The Balaban J connectivity index is 1.85. The number of imidazole rings is 1. The molecular weight excluding hydrogens is 314 g/mol. The molecule has 1 aromatic heterocycles. The summed E-state index contributed by atoms with van der Waals surface area (Å²) in [5.41, 5.74) is 2.24. The van der Waals surface area contributed by atoms with Gasteiger partial charge in [0.05, 0.1) is 17.6 Å². The van der Waals surface area contributed by atoms with Crippen LogP contribution in [0.25, 0.3) is 11.0 Å². The van der Waals surface area contributed by atoms with Crippen molar-refractivity contribution in [2.75, 3.05) is 19.8 Å². The van der Waals surface area contributed by atoms with E-state index in [1.54, 1.807) is 0 Å². The van der Waals surface area contributed by atoms with E-state index in [0.29, 0.717) is 6.61 Å². The van der Waals surface area contributed by atoms with E-state index in [-0.39, 0.29) is 11.8 Å². The highest BCUT2D eigenvalue weighted by molar-refractivity contribution is 5.77. The number of aromatic nitrogens is 2. The molecule has 0 radical (unpaired) electrons. The standard InChI is InChI=1S/C20H31N3O2/c1-4-25-15-14-23-18-11-8-7-10-17(18)22-19(23)12-6-5-9-13-21-20(24)16(2)3/h7-8,10-11,16H,4-6,9,12-15H2,1-3H3,(H,21,24). The fraction of sp³-hybridized carbons (Fsp3) is 0.600. The number of nitrogens with zero attached hydrogens (tertiary/aromatic N) is 2. The van der Waals surface area contributed by atoms with Crippen molar-refractivity contribution in [2.24, 2.45) is 5.92 Å². The van der Waals surface area contributed by atoms with Crippen LogP contribution in [-0.2, 0) is 22.5 Å². The number of rotatable bonds is 11. The van der Waals surface area contributed by atoms with Crippen LogP contribution >= 0.6 is 0 Å². The first kappa shape index (κ1) is 19.4. The smallest absolute Gasteiger partial charge is 0.222 e. The molecule has 0 fully saturated rings. The summed E-state index contributed by atoms with van der Waals surface area (Å²) in [7, 11) is 0. The molecule has 1 heterocycles. The van der Waals surface area contributed by atoms with Gasteiger partial charge in [-0.05, 0) is 31.9 Å². The monoisotopic (exact) mass is 345 g/mol. The lowest BCUT2D eigenvalue weighted by molar-refractivity contribution is -0.123. The molecule has 0 aliphatic heterocycles. The van der Waals surface area contributed by atoms with Crippen molar-refractivity contribution in [2.45, 2.75) is 53.0 Å². The predicted molar refractivity (Wildman–Crippen MR) is 102 cm³/mol. The highest BCUT2D eigenvalue weighted by Gasteiger charge is 2.10. The van der Waals surface area contributed by atoms with E-state index in [4.69, 9.17) is 9.72 Å². The summed E-state index contributed by atoms with van der Waals surface area (Å²) in [4.78, 5) is 16.3. The molecule has 5 nitrogen and oxygen atoms in total. The van der Waals surface area contributed by atoms with Gasteiger partial charge < -0.3 is 14.6 Å². The molecule has 0 aliphatic rings. The number of ether oxygens (including phenoxy) is 1. The number of nitrogens with one attached hydrogen (secondary N) is 1. The molecule has 0 aliphatic carbocycles. The van der Waals surface area contributed by atoms with Crippen molar-refractivity contribution in [1.29, 1.82) is 0 Å². The maximum absolute atomic E-state index is 11.5. The van der Waals surface area contributed by atoms with Gasteiger partial charge in [-0.25, -0.2) is 4.98 Å². The van der Waals surface area contributed by atoms with Crippen LogP contribution in [0.4, 0.5) is 0 Å². The van der Waals surface area contributed by atoms with Gasteiger partial charge in [0, 0.05) is 32.0 Å². The van der Waals surface area contributed by atoms with Crippen LogP contribution in [0.2, 0.25) is 0 Å². The van der Waals surface area contributed by atoms with Crippen molar-refractivity contribution in [1.82, 2.24) is 14.9 Å². The average Bonchev–Trinajstić information content (AvgIpc) is 2.95. The Kier molecular flexibility index (Phi) is 7.92. The fourth-order valence-corrected chi connectivity index (χ4v) is 2.87. The summed E-state index contributed by atoms with van der Waals surface area (Å²) >= 11 is 0. The molecule has 2 aromatic rings. The van der Waals surface area contributed by atoms with Crippen molar-refractivity contribution < 1.29 is 9.53 Å². The zero-order valence-electron chi connectivity index (χ0n) is 15.8. The zero-order chi connectivity index (χ0) is 18.1. The minimum absolute atomic E-state index is 0.0604. The number of carbonyl (C=O) groups excluding carboxylic acids is 1. The number of benzene rings is 1. The first-order chi connectivity index (χ1) is 12.1. The predicted octanol–water partition coefficient (Wildman–Crippen LogP) is 3.56. The molecule has 1 aromatic carbocycles. The lowest BCUT2D eigenvalue weighted by atomic mass is 10.1. The number of amides is 1. The molecule has 2 rings (SSSR count). The van der Waals surface area contributed by atoms with E-state index in [2.05, 4.69) is 28.1 Å². The van der Waals surface area contributed by atoms with E-state index in [9.17, 15) is 4.79 Å². The first-order valence-corrected chi connectivity index (χ1v) is 9.43. The molecule has 5 heteroatoms. The summed E-state index contributed by atoms with van der Waals surface area (Å²) in [6.07, 6.45) is 4.14. The molecule has 0 saturated carbocycles. The van der Waals surface area contributed by atoms with E-state index in [1.807, 2.05) is 26.8 Å². The minimum Gasteiger partial charge on any atom is -0.380 e. The number of fused-ring (bicyclic) bond motifs is 1. The van der Waals surface area contributed by atoms with E-state index >= 15 is 0 Å². The van der Waals surface area contributed by atoms with Gasteiger partial charge in [0.15, 0.2) is 0 Å².